The summed E-state index contributed by atoms with van der Waals surface area (Å²) in [6, 6.07) is 12.6. The van der Waals surface area contributed by atoms with Crippen molar-refractivity contribution >= 4 is 34.1 Å². The van der Waals surface area contributed by atoms with Gasteiger partial charge in [0, 0.05) is 10.4 Å². The number of aromatic nitrogens is 1. The van der Waals surface area contributed by atoms with Gasteiger partial charge in [-0.05, 0) is 41.3 Å². The first kappa shape index (κ1) is 18.9. The Kier molecular flexibility index (Phi) is 5.19. The summed E-state index contributed by atoms with van der Waals surface area (Å²) in [6.07, 6.45) is 0. The zero-order chi connectivity index (χ0) is 19.6. The quantitative estimate of drug-likeness (QED) is 0.580. The molecule has 1 aromatic heterocycles. The summed E-state index contributed by atoms with van der Waals surface area (Å²) in [4.78, 5) is 14.7. The van der Waals surface area contributed by atoms with Crippen molar-refractivity contribution in [2.24, 2.45) is 10.2 Å². The molecule has 27 heavy (non-hydrogen) atoms. The summed E-state index contributed by atoms with van der Waals surface area (Å²) in [7, 11) is 0. The molecule has 0 aliphatic heterocycles. The van der Waals surface area contributed by atoms with Gasteiger partial charge in [-0.2, -0.15) is 0 Å². The molecule has 0 aliphatic rings. The highest BCUT2D eigenvalue weighted by Crippen LogP contribution is 2.36. The number of amides is 1. The van der Waals surface area contributed by atoms with Crippen LogP contribution in [0.2, 0.25) is 5.02 Å². The first-order chi connectivity index (χ1) is 12.7. The van der Waals surface area contributed by atoms with Gasteiger partial charge in [-0.25, -0.2) is 0 Å². The lowest BCUT2D eigenvalue weighted by atomic mass is 9.87. The van der Waals surface area contributed by atoms with Crippen LogP contribution >= 0.6 is 11.6 Å². The van der Waals surface area contributed by atoms with Crippen molar-refractivity contribution in [3.05, 3.63) is 53.1 Å². The van der Waals surface area contributed by atoms with Crippen LogP contribution in [0, 0.1) is 0 Å². The number of hydrogen-bond donors (Lipinski definition) is 2. The number of ether oxygens (including phenoxy) is 1. The van der Waals surface area contributed by atoms with Crippen LogP contribution in [0.5, 0.6) is 11.6 Å². The monoisotopic (exact) mass is 385 g/mol. The molecule has 1 heterocycles. The van der Waals surface area contributed by atoms with Gasteiger partial charge in [-0.1, -0.05) is 44.5 Å². The highest BCUT2D eigenvalue weighted by molar-refractivity contribution is 6.31. The minimum absolute atomic E-state index is 0.0484. The zero-order valence-corrected chi connectivity index (χ0v) is 16.0. The van der Waals surface area contributed by atoms with Crippen LogP contribution in [-0.4, -0.2) is 22.6 Å². The molecule has 0 aliphatic carbocycles. The molecule has 0 fully saturated rings. The van der Waals surface area contributed by atoms with Gasteiger partial charge < -0.3 is 14.8 Å². The molecule has 140 valence electrons. The lowest BCUT2D eigenvalue weighted by molar-refractivity contribution is -0.120. The normalized spacial score (nSPS) is 12.0. The third kappa shape index (κ3) is 4.46. The zero-order valence-electron chi connectivity index (χ0n) is 15.3. The van der Waals surface area contributed by atoms with Crippen LogP contribution < -0.4 is 4.74 Å². The molecule has 0 atom stereocenters. The number of nitrogens with one attached hydrogen (secondary N) is 1. The van der Waals surface area contributed by atoms with Gasteiger partial charge in [-0.15, -0.1) is 10.2 Å². The van der Waals surface area contributed by atoms with Crippen LogP contribution in [-0.2, 0) is 10.2 Å². The molecule has 2 N–H and O–H groups in total. The first-order valence-electron chi connectivity index (χ1n) is 8.42. The molecule has 0 saturated heterocycles. The lowest BCUT2D eigenvalue weighted by Gasteiger charge is -2.19. The van der Waals surface area contributed by atoms with E-state index in [0.717, 1.165) is 0 Å². The van der Waals surface area contributed by atoms with E-state index in [9.17, 15) is 9.90 Å². The minimum atomic E-state index is -0.564. The van der Waals surface area contributed by atoms with Crippen molar-refractivity contribution in [1.29, 1.82) is 0 Å². The fourth-order valence-electron chi connectivity index (χ4n) is 2.57. The van der Waals surface area contributed by atoms with Gasteiger partial charge in [0.05, 0.1) is 5.52 Å². The summed E-state index contributed by atoms with van der Waals surface area (Å²) in [5, 5.41) is 18.5. The Labute approximate surface area is 161 Å². The maximum Gasteiger partial charge on any atom is 0.302 e. The van der Waals surface area contributed by atoms with Crippen molar-refractivity contribution in [2.75, 3.05) is 6.61 Å². The summed E-state index contributed by atoms with van der Waals surface area (Å²) in [5.74, 6) is -0.165. The molecular formula is C20H20ClN3O3. The van der Waals surface area contributed by atoms with Crippen molar-refractivity contribution in [1.82, 2.24) is 4.98 Å². The molecule has 3 rings (SSSR count). The predicted molar refractivity (Wildman–Crippen MR) is 105 cm³/mol. The number of carbonyl (C=O) groups is 1. The van der Waals surface area contributed by atoms with Crippen molar-refractivity contribution in [3.8, 4) is 11.6 Å². The molecule has 1 amide bonds. The molecule has 0 unspecified atom stereocenters. The van der Waals surface area contributed by atoms with Crippen LogP contribution in [0.1, 0.15) is 26.3 Å². The van der Waals surface area contributed by atoms with Gasteiger partial charge in [0.15, 0.2) is 12.3 Å². The summed E-state index contributed by atoms with van der Waals surface area (Å²) in [6.45, 7) is 6.13. The molecule has 0 bridgehead atoms. The van der Waals surface area contributed by atoms with E-state index in [2.05, 4.69) is 36.0 Å². The van der Waals surface area contributed by atoms with Crippen molar-refractivity contribution in [3.63, 3.8) is 0 Å². The van der Waals surface area contributed by atoms with Crippen molar-refractivity contribution < 1.29 is 14.6 Å². The smallest absolute Gasteiger partial charge is 0.302 e. The summed E-state index contributed by atoms with van der Waals surface area (Å²) < 4.78 is 5.45. The minimum Gasteiger partial charge on any atom is -0.493 e. The number of aromatic amines is 1. The summed E-state index contributed by atoms with van der Waals surface area (Å²) in [5.41, 5.74) is 2.03. The number of azo groups is 1. The number of H-pyrrole nitrogens is 1. The number of halogens is 1. The third-order valence-corrected chi connectivity index (χ3v) is 4.29. The number of carbonyl (C=O) groups excluding carboxylic acids is 1. The second-order valence-corrected chi connectivity index (χ2v) is 7.61. The second-order valence-electron chi connectivity index (χ2n) is 7.17. The Morgan fingerprint density at radius 1 is 1.19 bits per heavy atom. The Morgan fingerprint density at radius 3 is 2.56 bits per heavy atom. The van der Waals surface area contributed by atoms with Crippen LogP contribution in [0.3, 0.4) is 0 Å². The number of fused-ring (bicyclic) bond motifs is 1. The third-order valence-electron chi connectivity index (χ3n) is 4.06. The van der Waals surface area contributed by atoms with Gasteiger partial charge in [0.25, 0.3) is 0 Å². The number of aromatic hydroxyl groups is 1. The standard InChI is InChI=1S/C20H20ClN3O3/c1-20(2,3)12-4-7-14(8-5-12)27-11-17(25)23-24-18-15-10-13(21)6-9-16(15)22-19(18)26/h4-10,22,26H,11H2,1-3H3. The van der Waals surface area contributed by atoms with E-state index < -0.39 is 5.91 Å². The maximum atomic E-state index is 11.9. The van der Waals surface area contributed by atoms with E-state index in [0.29, 0.717) is 21.7 Å². The Morgan fingerprint density at radius 2 is 1.89 bits per heavy atom. The number of rotatable bonds is 4. The van der Waals surface area contributed by atoms with Crippen LogP contribution in [0.15, 0.2) is 52.7 Å². The molecule has 0 spiro atoms. The van der Waals surface area contributed by atoms with Crippen molar-refractivity contribution in [2.45, 2.75) is 26.2 Å². The highest BCUT2D eigenvalue weighted by atomic mass is 35.5. The van der Waals surface area contributed by atoms with Gasteiger partial charge in [0.2, 0.25) is 5.88 Å². The molecule has 6 nitrogen and oxygen atoms in total. The molecule has 3 aromatic rings. The summed E-state index contributed by atoms with van der Waals surface area (Å²) >= 11 is 5.96. The molecule has 7 heteroatoms. The molecule has 0 radical (unpaired) electrons. The van der Waals surface area contributed by atoms with E-state index >= 15 is 0 Å². The average molecular weight is 386 g/mol. The van der Waals surface area contributed by atoms with Gasteiger partial charge in [0.1, 0.15) is 5.75 Å². The lowest BCUT2D eigenvalue weighted by Crippen LogP contribution is -2.11. The molecule has 2 aromatic carbocycles. The largest absolute Gasteiger partial charge is 0.493 e. The molecule has 0 saturated carbocycles. The number of nitrogens with zero attached hydrogens (tertiary/aromatic N) is 2. The average Bonchev–Trinajstić information content (AvgIpc) is 2.92. The van der Waals surface area contributed by atoms with Gasteiger partial charge in [-0.3, -0.25) is 4.79 Å². The Hall–Kier alpha value is -2.86. The molecular weight excluding hydrogens is 366 g/mol. The van der Waals surface area contributed by atoms with Crippen LogP contribution in [0.25, 0.3) is 10.9 Å². The van der Waals surface area contributed by atoms with Crippen LogP contribution in [0.4, 0.5) is 5.69 Å². The van der Waals surface area contributed by atoms with E-state index in [1.165, 1.54) is 5.56 Å². The van der Waals surface area contributed by atoms with Gasteiger partial charge >= 0.3 is 5.91 Å². The van der Waals surface area contributed by atoms with E-state index in [4.69, 9.17) is 16.3 Å². The Bertz CT molecular complexity index is 1000. The highest BCUT2D eigenvalue weighted by Gasteiger charge is 2.14. The van der Waals surface area contributed by atoms with E-state index in [1.54, 1.807) is 18.2 Å². The SMILES string of the molecule is CC(C)(C)c1ccc(OCC(=O)N=Nc2c(O)[nH]c3ccc(Cl)cc23)cc1. The van der Waals surface area contributed by atoms with E-state index in [-0.39, 0.29) is 23.6 Å². The predicted octanol–water partition coefficient (Wildman–Crippen LogP) is 5.51. The maximum absolute atomic E-state index is 11.9. The van der Waals surface area contributed by atoms with E-state index in [1.807, 2.05) is 24.3 Å². The number of benzene rings is 2. The Balaban J connectivity index is 1.66. The second kappa shape index (κ2) is 7.40. The number of hydrogen-bond acceptors (Lipinski definition) is 4. The first-order valence-corrected chi connectivity index (χ1v) is 8.80. The fourth-order valence-corrected chi connectivity index (χ4v) is 2.74. The topological polar surface area (TPSA) is 87.0 Å². The fraction of sp³-hybridized carbons (Fsp3) is 0.250.